The zero-order chi connectivity index (χ0) is 25.1. The van der Waals surface area contributed by atoms with Crippen LogP contribution in [0.1, 0.15) is 36.0 Å². The lowest BCUT2D eigenvalue weighted by atomic mass is 9.77. The number of alkyl carbamates (subject to hydrolysis) is 1. The summed E-state index contributed by atoms with van der Waals surface area (Å²) in [5.74, 6) is -5.97. The second kappa shape index (κ2) is 8.41. The van der Waals surface area contributed by atoms with Crippen LogP contribution < -0.4 is 10.6 Å². The van der Waals surface area contributed by atoms with Crippen molar-refractivity contribution in [1.29, 1.82) is 0 Å². The van der Waals surface area contributed by atoms with Gasteiger partial charge in [-0.3, -0.25) is 4.79 Å². The fourth-order valence-electron chi connectivity index (χ4n) is 5.69. The Kier molecular flexibility index (Phi) is 5.75. The zero-order valence-electron chi connectivity index (χ0n) is 18.1. The largest absolute Gasteiger partial charge is 0.441 e. The molecule has 2 N–H and O–H groups in total. The number of carbonyl (C=O) groups excluding carboxylic acids is 2. The molecule has 186 valence electrons. The van der Waals surface area contributed by atoms with Crippen LogP contribution in [-0.4, -0.2) is 37.8 Å². The molecule has 1 spiro atoms. The average Bonchev–Trinajstić information content (AvgIpc) is 3.29. The third-order valence-corrected chi connectivity index (χ3v) is 9.95. The molecule has 5 rings (SSSR count). The Morgan fingerprint density at radius 2 is 1.71 bits per heavy atom. The van der Waals surface area contributed by atoms with Gasteiger partial charge in [0, 0.05) is 23.4 Å². The Bertz CT molecular complexity index is 1320. The van der Waals surface area contributed by atoms with E-state index in [0.717, 1.165) is 6.07 Å². The number of halogens is 4. The van der Waals surface area contributed by atoms with Crippen molar-refractivity contribution >= 4 is 39.1 Å². The van der Waals surface area contributed by atoms with Crippen molar-refractivity contribution in [2.75, 3.05) is 11.9 Å². The molecule has 2 aromatic carbocycles. The lowest BCUT2D eigenvalue weighted by Crippen LogP contribution is -2.48. The molecule has 2 saturated carbocycles. The Morgan fingerprint density at radius 1 is 1.09 bits per heavy atom. The monoisotopic (exact) mass is 528 g/mol. The van der Waals surface area contributed by atoms with Gasteiger partial charge in [-0.2, -0.15) is 0 Å². The number of hydrogen-bond donors (Lipinski definition) is 2. The highest BCUT2D eigenvalue weighted by molar-refractivity contribution is 7.92. The molecule has 2 bridgehead atoms. The summed E-state index contributed by atoms with van der Waals surface area (Å²) in [5, 5.41) is 4.07. The Morgan fingerprint density at radius 3 is 2.29 bits per heavy atom. The minimum atomic E-state index is -3.98. The van der Waals surface area contributed by atoms with Crippen LogP contribution in [0, 0.1) is 29.3 Å². The highest BCUT2D eigenvalue weighted by atomic mass is 35.5. The number of nitrogens with one attached hydrogen (secondary N) is 2. The van der Waals surface area contributed by atoms with E-state index in [-0.39, 0.29) is 33.0 Å². The summed E-state index contributed by atoms with van der Waals surface area (Å²) in [6.07, 6.45) is 1.63. The molecule has 1 saturated heterocycles. The molecule has 0 radical (unpaired) electrons. The maximum absolute atomic E-state index is 13.7. The summed E-state index contributed by atoms with van der Waals surface area (Å²) in [6.45, 7) is 0.340. The normalized spacial score (nSPS) is 27.5. The van der Waals surface area contributed by atoms with Gasteiger partial charge in [-0.1, -0.05) is 11.6 Å². The topological polar surface area (TPSA) is 102 Å². The van der Waals surface area contributed by atoms with Crippen LogP contribution in [0.5, 0.6) is 0 Å². The third-order valence-electron chi connectivity index (χ3n) is 7.07. The predicted octanol–water partition coefficient (Wildman–Crippen LogP) is 4.45. The van der Waals surface area contributed by atoms with Crippen LogP contribution in [0.3, 0.4) is 0 Å². The van der Waals surface area contributed by atoms with Gasteiger partial charge in [-0.25, -0.2) is 26.4 Å². The van der Waals surface area contributed by atoms with E-state index in [2.05, 4.69) is 10.6 Å². The summed E-state index contributed by atoms with van der Waals surface area (Å²) >= 11 is 6.25. The third kappa shape index (κ3) is 4.14. The van der Waals surface area contributed by atoms with Gasteiger partial charge in [0.25, 0.3) is 5.91 Å². The summed E-state index contributed by atoms with van der Waals surface area (Å²) < 4.78 is 73.1. The summed E-state index contributed by atoms with van der Waals surface area (Å²) in [5.41, 5.74) is -1.15. The second-order valence-electron chi connectivity index (χ2n) is 9.29. The molecule has 2 aliphatic carbocycles. The molecule has 7 nitrogen and oxygen atoms in total. The van der Waals surface area contributed by atoms with Gasteiger partial charge in [0.15, 0.2) is 27.3 Å². The molecular formula is C23H20ClF3N2O5S. The quantitative estimate of drug-likeness (QED) is 0.571. The maximum atomic E-state index is 13.7. The molecule has 3 fully saturated rings. The molecule has 4 atom stereocenters. The standard InChI is InChI=1S/C23H20ClF3N2O5S/c24-15-4-3-11(21(30)29-14-6-16(25)19(27)17(26)7-14)5-18(15)35(32,33)20-12-1-2-13(20)9-23(8-12)10-28-22(31)34-23/h3-7,12-13,20H,1-2,8-10H2,(H,28,31)(H,29,30)/t12-,13?,20+,23+/m0/s1. The number of fused-ring (bicyclic) bond motifs is 2. The van der Waals surface area contributed by atoms with E-state index in [9.17, 15) is 31.2 Å². The molecule has 3 aliphatic rings. The predicted molar refractivity (Wildman–Crippen MR) is 119 cm³/mol. The van der Waals surface area contributed by atoms with Crippen LogP contribution >= 0.6 is 11.6 Å². The highest BCUT2D eigenvalue weighted by Gasteiger charge is 2.57. The molecule has 2 aromatic rings. The lowest BCUT2D eigenvalue weighted by molar-refractivity contribution is 0.00456. The summed E-state index contributed by atoms with van der Waals surface area (Å²) in [7, 11) is -3.98. The molecule has 1 heterocycles. The van der Waals surface area contributed by atoms with Crippen LogP contribution in [0.2, 0.25) is 5.02 Å². The molecular weight excluding hydrogens is 509 g/mol. The minimum absolute atomic E-state index is 0.0610. The summed E-state index contributed by atoms with van der Waals surface area (Å²) in [6, 6.07) is 4.91. The fraction of sp³-hybridized carbons (Fsp3) is 0.391. The van der Waals surface area contributed by atoms with Crippen molar-refractivity contribution in [2.24, 2.45) is 11.8 Å². The van der Waals surface area contributed by atoms with Crippen LogP contribution in [-0.2, 0) is 14.6 Å². The van der Waals surface area contributed by atoms with Crippen molar-refractivity contribution in [2.45, 2.75) is 41.4 Å². The van der Waals surface area contributed by atoms with E-state index in [1.165, 1.54) is 12.1 Å². The first kappa shape index (κ1) is 23.9. The van der Waals surface area contributed by atoms with Gasteiger partial charge in [0.2, 0.25) is 0 Å². The SMILES string of the molecule is O=C1NC[C@@]2(CC3CC[C@@H](C2)[C@H]3S(=O)(=O)c2cc(C(=O)Nc3cc(F)c(F)c(F)c3)ccc2Cl)O1. The molecule has 1 aliphatic heterocycles. The average molecular weight is 529 g/mol. The Balaban J connectivity index is 1.41. The van der Waals surface area contributed by atoms with Crippen molar-refractivity contribution < 1.29 is 35.9 Å². The van der Waals surface area contributed by atoms with Crippen molar-refractivity contribution in [3.05, 3.63) is 58.4 Å². The number of rotatable bonds is 4. The number of amides is 2. The number of ether oxygens (including phenoxy) is 1. The first-order valence-corrected chi connectivity index (χ1v) is 12.9. The molecule has 0 aromatic heterocycles. The van der Waals surface area contributed by atoms with E-state index in [1.54, 1.807) is 0 Å². The van der Waals surface area contributed by atoms with Crippen LogP contribution in [0.15, 0.2) is 35.2 Å². The number of carbonyl (C=O) groups is 2. The number of sulfone groups is 1. The van der Waals surface area contributed by atoms with E-state index in [4.69, 9.17) is 16.3 Å². The van der Waals surface area contributed by atoms with Gasteiger partial charge >= 0.3 is 6.09 Å². The van der Waals surface area contributed by atoms with E-state index >= 15 is 0 Å². The van der Waals surface area contributed by atoms with Gasteiger partial charge < -0.3 is 15.4 Å². The molecule has 2 amide bonds. The zero-order valence-corrected chi connectivity index (χ0v) is 19.7. The Labute approximate surface area is 203 Å². The molecule has 35 heavy (non-hydrogen) atoms. The Hall–Kier alpha value is -2.79. The summed E-state index contributed by atoms with van der Waals surface area (Å²) in [4.78, 5) is 24.1. The fourth-order valence-corrected chi connectivity index (χ4v) is 8.54. The van der Waals surface area contributed by atoms with Crippen molar-refractivity contribution in [3.8, 4) is 0 Å². The van der Waals surface area contributed by atoms with E-state index < -0.39 is 50.1 Å². The minimum Gasteiger partial charge on any atom is -0.441 e. The maximum Gasteiger partial charge on any atom is 0.407 e. The van der Waals surface area contributed by atoms with E-state index in [0.29, 0.717) is 44.4 Å². The van der Waals surface area contributed by atoms with Gasteiger partial charge in [0.1, 0.15) is 5.60 Å². The van der Waals surface area contributed by atoms with Crippen molar-refractivity contribution in [1.82, 2.24) is 5.32 Å². The molecule has 12 heteroatoms. The lowest BCUT2D eigenvalue weighted by Gasteiger charge is -2.40. The van der Waals surface area contributed by atoms with Gasteiger partial charge in [0.05, 0.1) is 21.7 Å². The number of anilines is 1. The van der Waals surface area contributed by atoms with Gasteiger partial charge in [-0.05, 0) is 55.7 Å². The molecule has 1 unspecified atom stereocenters. The first-order valence-electron chi connectivity index (χ1n) is 11.0. The van der Waals surface area contributed by atoms with Gasteiger partial charge in [-0.15, -0.1) is 0 Å². The van der Waals surface area contributed by atoms with Crippen LogP contribution in [0.4, 0.5) is 23.7 Å². The van der Waals surface area contributed by atoms with E-state index in [1.807, 2.05) is 0 Å². The van der Waals surface area contributed by atoms with Crippen molar-refractivity contribution in [3.63, 3.8) is 0 Å². The highest BCUT2D eigenvalue weighted by Crippen LogP contribution is 2.53. The van der Waals surface area contributed by atoms with Crippen LogP contribution in [0.25, 0.3) is 0 Å². The second-order valence-corrected chi connectivity index (χ2v) is 11.8. The smallest absolute Gasteiger partial charge is 0.407 e. The first-order chi connectivity index (χ1) is 16.5. The number of benzene rings is 2. The number of hydrogen-bond acceptors (Lipinski definition) is 5.